The maximum absolute atomic E-state index is 10.9. The van der Waals surface area contributed by atoms with Gasteiger partial charge in [0.25, 0.3) is 0 Å². The summed E-state index contributed by atoms with van der Waals surface area (Å²) in [4.78, 5) is 0.149. The lowest BCUT2D eigenvalue weighted by Crippen LogP contribution is -2.12. The molecule has 76 valence electrons. The SMILES string of the molecule is N[C@@H]1C[C@H]1c1ccc(S(N)(=O)=O)cc1. The first kappa shape index (κ1) is 9.64. The Labute approximate surface area is 83.0 Å². The van der Waals surface area contributed by atoms with Gasteiger partial charge >= 0.3 is 0 Å². The van der Waals surface area contributed by atoms with Crippen molar-refractivity contribution in [3.63, 3.8) is 0 Å². The average Bonchev–Trinajstić information content (AvgIpc) is 2.81. The first-order chi connectivity index (χ1) is 6.48. The minimum atomic E-state index is -3.57. The summed E-state index contributed by atoms with van der Waals surface area (Å²) in [6.45, 7) is 0. The zero-order chi connectivity index (χ0) is 10.3. The van der Waals surface area contributed by atoms with Gasteiger partial charge in [0, 0.05) is 12.0 Å². The number of benzene rings is 1. The van der Waals surface area contributed by atoms with Crippen molar-refractivity contribution in [2.24, 2.45) is 10.9 Å². The van der Waals surface area contributed by atoms with Gasteiger partial charge in [-0.05, 0) is 24.1 Å². The van der Waals surface area contributed by atoms with Crippen molar-refractivity contribution in [2.75, 3.05) is 0 Å². The molecule has 4 nitrogen and oxygen atoms in total. The van der Waals surface area contributed by atoms with Gasteiger partial charge in [0.05, 0.1) is 4.90 Å². The van der Waals surface area contributed by atoms with Crippen LogP contribution < -0.4 is 10.9 Å². The van der Waals surface area contributed by atoms with E-state index in [1.54, 1.807) is 12.1 Å². The van der Waals surface area contributed by atoms with Crippen LogP contribution in [-0.4, -0.2) is 14.5 Å². The lowest BCUT2D eigenvalue weighted by Gasteiger charge is -2.00. The maximum Gasteiger partial charge on any atom is 0.238 e. The quantitative estimate of drug-likeness (QED) is 0.731. The summed E-state index contributed by atoms with van der Waals surface area (Å²) in [6, 6.07) is 6.83. The molecule has 1 saturated carbocycles. The first-order valence-corrected chi connectivity index (χ1v) is 5.91. The Morgan fingerprint density at radius 1 is 1.21 bits per heavy atom. The smallest absolute Gasteiger partial charge is 0.238 e. The molecule has 2 atom stereocenters. The second kappa shape index (κ2) is 3.05. The average molecular weight is 212 g/mol. The fourth-order valence-corrected chi connectivity index (χ4v) is 2.02. The molecule has 14 heavy (non-hydrogen) atoms. The highest BCUT2D eigenvalue weighted by Crippen LogP contribution is 2.38. The number of sulfonamides is 1. The second-order valence-corrected chi connectivity index (χ2v) is 5.18. The van der Waals surface area contributed by atoms with Crippen LogP contribution in [-0.2, 0) is 10.0 Å². The van der Waals surface area contributed by atoms with E-state index in [4.69, 9.17) is 10.9 Å². The number of hydrogen-bond donors (Lipinski definition) is 2. The second-order valence-electron chi connectivity index (χ2n) is 3.62. The molecule has 0 heterocycles. The molecule has 0 bridgehead atoms. The molecule has 0 aliphatic heterocycles. The van der Waals surface area contributed by atoms with E-state index in [1.165, 1.54) is 12.1 Å². The summed E-state index contributed by atoms with van der Waals surface area (Å²) in [5.41, 5.74) is 6.77. The molecule has 0 radical (unpaired) electrons. The van der Waals surface area contributed by atoms with E-state index in [1.807, 2.05) is 0 Å². The summed E-state index contributed by atoms with van der Waals surface area (Å²) >= 11 is 0. The molecule has 1 aromatic rings. The van der Waals surface area contributed by atoms with Crippen molar-refractivity contribution in [3.8, 4) is 0 Å². The molecule has 0 aromatic heterocycles. The monoisotopic (exact) mass is 212 g/mol. The van der Waals surface area contributed by atoms with Crippen molar-refractivity contribution >= 4 is 10.0 Å². The number of nitrogens with two attached hydrogens (primary N) is 2. The third kappa shape index (κ3) is 1.79. The molecule has 1 aromatic carbocycles. The van der Waals surface area contributed by atoms with Gasteiger partial charge in [0.2, 0.25) is 10.0 Å². The molecule has 1 aliphatic rings. The summed E-state index contributed by atoms with van der Waals surface area (Å²) in [7, 11) is -3.57. The predicted octanol–water partition coefficient (Wildman–Crippen LogP) is 0.149. The minimum absolute atomic E-state index is 0.149. The Morgan fingerprint density at radius 2 is 1.71 bits per heavy atom. The van der Waals surface area contributed by atoms with Crippen molar-refractivity contribution in [2.45, 2.75) is 23.3 Å². The molecular weight excluding hydrogens is 200 g/mol. The maximum atomic E-state index is 10.9. The van der Waals surface area contributed by atoms with Crippen LogP contribution in [0.2, 0.25) is 0 Å². The Balaban J connectivity index is 2.27. The van der Waals surface area contributed by atoms with E-state index in [0.29, 0.717) is 5.92 Å². The van der Waals surface area contributed by atoms with Crippen molar-refractivity contribution < 1.29 is 8.42 Å². The van der Waals surface area contributed by atoms with Crippen molar-refractivity contribution in [3.05, 3.63) is 29.8 Å². The van der Waals surface area contributed by atoms with Crippen LogP contribution >= 0.6 is 0 Å². The van der Waals surface area contributed by atoms with Gasteiger partial charge in [-0.3, -0.25) is 0 Å². The predicted molar refractivity (Wildman–Crippen MR) is 53.1 cm³/mol. The molecule has 5 heteroatoms. The van der Waals surface area contributed by atoms with E-state index in [-0.39, 0.29) is 10.9 Å². The molecule has 0 spiro atoms. The summed E-state index contributed by atoms with van der Waals surface area (Å²) in [5.74, 6) is 0.393. The highest BCUT2D eigenvalue weighted by molar-refractivity contribution is 7.89. The lowest BCUT2D eigenvalue weighted by atomic mass is 10.1. The van der Waals surface area contributed by atoms with Gasteiger partial charge < -0.3 is 5.73 Å². The zero-order valence-electron chi connectivity index (χ0n) is 7.55. The van der Waals surface area contributed by atoms with Gasteiger partial charge in [-0.2, -0.15) is 0 Å². The topological polar surface area (TPSA) is 86.2 Å². The third-order valence-electron chi connectivity index (χ3n) is 2.48. The highest BCUT2D eigenvalue weighted by Gasteiger charge is 2.34. The Kier molecular flexibility index (Phi) is 2.10. The van der Waals surface area contributed by atoms with Gasteiger partial charge in [-0.1, -0.05) is 12.1 Å². The van der Waals surface area contributed by atoms with Crippen LogP contribution in [0.5, 0.6) is 0 Å². The normalized spacial score (nSPS) is 26.1. The third-order valence-corrected chi connectivity index (χ3v) is 3.41. The van der Waals surface area contributed by atoms with Gasteiger partial charge in [0.1, 0.15) is 0 Å². The van der Waals surface area contributed by atoms with Gasteiger partial charge in [-0.15, -0.1) is 0 Å². The minimum Gasteiger partial charge on any atom is -0.327 e. The van der Waals surface area contributed by atoms with Crippen LogP contribution in [0.1, 0.15) is 17.9 Å². The summed E-state index contributed by atoms with van der Waals surface area (Å²) in [5, 5.41) is 4.97. The molecular formula is C9H12N2O2S. The molecule has 1 fully saturated rings. The highest BCUT2D eigenvalue weighted by atomic mass is 32.2. The lowest BCUT2D eigenvalue weighted by molar-refractivity contribution is 0.598. The Bertz CT molecular complexity index is 438. The Morgan fingerprint density at radius 3 is 2.07 bits per heavy atom. The molecule has 0 amide bonds. The van der Waals surface area contributed by atoms with E-state index < -0.39 is 10.0 Å². The van der Waals surface area contributed by atoms with Crippen LogP contribution in [0, 0.1) is 0 Å². The molecule has 4 N–H and O–H groups in total. The fourth-order valence-electron chi connectivity index (χ4n) is 1.50. The van der Waals surface area contributed by atoms with Crippen molar-refractivity contribution in [1.82, 2.24) is 0 Å². The number of rotatable bonds is 2. The molecule has 0 saturated heterocycles. The summed E-state index contributed by atoms with van der Waals surface area (Å²) < 4.78 is 21.9. The van der Waals surface area contributed by atoms with E-state index >= 15 is 0 Å². The molecule has 2 rings (SSSR count). The van der Waals surface area contributed by atoms with E-state index in [0.717, 1.165) is 12.0 Å². The van der Waals surface area contributed by atoms with Gasteiger partial charge in [0.15, 0.2) is 0 Å². The first-order valence-electron chi connectivity index (χ1n) is 4.37. The standard InChI is InChI=1S/C9H12N2O2S/c10-9-5-8(9)6-1-3-7(4-2-6)14(11,12)13/h1-4,8-9H,5,10H2,(H2,11,12,13)/t8-,9+/m0/s1. The van der Waals surface area contributed by atoms with Gasteiger partial charge in [-0.25, -0.2) is 13.6 Å². The molecule has 0 unspecified atom stereocenters. The van der Waals surface area contributed by atoms with E-state index in [9.17, 15) is 8.42 Å². The van der Waals surface area contributed by atoms with Crippen LogP contribution in [0.15, 0.2) is 29.2 Å². The van der Waals surface area contributed by atoms with Crippen molar-refractivity contribution in [1.29, 1.82) is 0 Å². The number of hydrogen-bond acceptors (Lipinski definition) is 3. The number of primary sulfonamides is 1. The zero-order valence-corrected chi connectivity index (χ0v) is 8.37. The largest absolute Gasteiger partial charge is 0.327 e. The fraction of sp³-hybridized carbons (Fsp3) is 0.333. The summed E-state index contributed by atoms with van der Waals surface area (Å²) in [6.07, 6.45) is 0.981. The Hall–Kier alpha value is -0.910. The van der Waals surface area contributed by atoms with Crippen LogP contribution in [0.25, 0.3) is 0 Å². The molecule has 1 aliphatic carbocycles. The van der Waals surface area contributed by atoms with Crippen LogP contribution in [0.4, 0.5) is 0 Å². The van der Waals surface area contributed by atoms with E-state index in [2.05, 4.69) is 0 Å². The van der Waals surface area contributed by atoms with Crippen LogP contribution in [0.3, 0.4) is 0 Å².